The molecule has 4 nitrogen and oxygen atoms in total. The first-order chi connectivity index (χ1) is 30.3. The fourth-order valence-electron chi connectivity index (χ4n) is 12.5. The van der Waals surface area contributed by atoms with Crippen molar-refractivity contribution in [1.82, 2.24) is 8.96 Å². The van der Waals surface area contributed by atoms with E-state index in [1.165, 1.54) is 29.1 Å². The molecule has 4 aliphatic heterocycles. The van der Waals surface area contributed by atoms with Gasteiger partial charge in [0.25, 0.3) is 0 Å². The number of allylic oxidation sites excluding steroid dienone is 4. The Labute approximate surface area is 380 Å². The van der Waals surface area contributed by atoms with Crippen molar-refractivity contribution in [1.29, 1.82) is 0 Å². The molecule has 0 saturated heterocycles. The molecule has 4 aromatic rings. The van der Waals surface area contributed by atoms with Gasteiger partial charge in [-0.25, -0.2) is 0 Å². The molecule has 0 radical (unpaired) electrons. The van der Waals surface area contributed by atoms with Crippen molar-refractivity contribution < 1.29 is 26.2 Å². The molecule has 0 amide bonds. The number of aromatic nitrogens is 2. The van der Waals surface area contributed by atoms with Crippen LogP contribution in [-0.2, 0) is 25.7 Å². The van der Waals surface area contributed by atoms with Gasteiger partial charge in [0.2, 0.25) is 0 Å². The lowest BCUT2D eigenvalue weighted by atomic mass is 9.83. The molecule has 338 valence electrons. The van der Waals surface area contributed by atoms with E-state index in [4.69, 9.17) is 0 Å². The van der Waals surface area contributed by atoms with Gasteiger partial charge in [-0.05, 0) is 148 Å². The summed E-state index contributed by atoms with van der Waals surface area (Å²) in [6.45, 7) is 19.9. The summed E-state index contributed by atoms with van der Waals surface area (Å²) < 4.78 is 77.4. The molecule has 64 heavy (non-hydrogen) atoms. The Hall–Kier alpha value is -4.85. The molecule has 2 aromatic heterocycles. The second-order valence-electron chi connectivity index (χ2n) is 19.8. The number of fused-ring (bicyclic) bond motifs is 4. The van der Waals surface area contributed by atoms with Crippen molar-refractivity contribution in [2.24, 2.45) is 11.8 Å². The van der Waals surface area contributed by atoms with Gasteiger partial charge in [0.1, 0.15) is 11.4 Å². The summed E-state index contributed by atoms with van der Waals surface area (Å²) in [6.07, 6.45) is 4.62. The van der Waals surface area contributed by atoms with Gasteiger partial charge in [-0.2, -0.15) is 0 Å². The lowest BCUT2D eigenvalue weighted by molar-refractivity contribution is -0.367. The maximum atomic E-state index is 18.0. The highest BCUT2D eigenvalue weighted by molar-refractivity contribution is 6.59. The summed E-state index contributed by atoms with van der Waals surface area (Å²) in [4.78, 5) is 0. The van der Waals surface area contributed by atoms with Crippen LogP contribution in [0.3, 0.4) is 0 Å². The summed E-state index contributed by atoms with van der Waals surface area (Å²) in [5.74, 6) is 0.973. The average Bonchev–Trinajstić information content (AvgIpc) is 3.88. The molecule has 0 bridgehead atoms. The zero-order chi connectivity index (χ0) is 46.5. The third-order valence-electron chi connectivity index (χ3n) is 15.0. The number of rotatable bonds is 13. The van der Waals surface area contributed by atoms with Gasteiger partial charge in [0.15, 0.2) is 11.4 Å². The zero-order valence-corrected chi connectivity index (χ0v) is 40.9. The normalized spacial score (nSPS) is 17.9. The van der Waals surface area contributed by atoms with E-state index < -0.39 is 13.9 Å². The summed E-state index contributed by atoms with van der Waals surface area (Å²) in [7, 11) is 0. The topological polar surface area (TPSA) is 15.9 Å². The van der Waals surface area contributed by atoms with Crippen LogP contribution in [-0.4, -0.2) is 43.3 Å². The number of halogens is 4. The van der Waals surface area contributed by atoms with Crippen LogP contribution in [0, 0.1) is 39.5 Å². The number of nitrogens with zero attached hydrogens (tertiary/aromatic N) is 4. The van der Waals surface area contributed by atoms with Crippen LogP contribution in [0.4, 0.5) is 17.3 Å². The van der Waals surface area contributed by atoms with Gasteiger partial charge in [0.05, 0.1) is 11.1 Å². The van der Waals surface area contributed by atoms with Gasteiger partial charge >= 0.3 is 13.9 Å². The lowest BCUT2D eigenvalue weighted by Gasteiger charge is -2.35. The Morgan fingerprint density at radius 3 is 1.11 bits per heavy atom. The Bertz CT molecular complexity index is 2610. The van der Waals surface area contributed by atoms with E-state index in [-0.39, 0.29) is 12.8 Å². The van der Waals surface area contributed by atoms with Gasteiger partial charge in [0, 0.05) is 46.5 Å². The SMILES string of the molecule is CCC1=C(C)C2=C(c3ccc(CC(C)C)cc3)c3c(C)c(CC)c(C)n3[B-](F)(F)[N+]2=C1CCC1=[N+]2C(=C(c3ccc(CC(C)C)cc3)c3c(C)c(CC)c(C)n3[B-]2(F)F)C(C)=C1CC. The van der Waals surface area contributed by atoms with Gasteiger partial charge < -0.3 is 35.2 Å². The Morgan fingerprint density at radius 1 is 0.500 bits per heavy atom. The Morgan fingerprint density at radius 2 is 0.828 bits per heavy atom. The van der Waals surface area contributed by atoms with Crippen LogP contribution in [0.1, 0.15) is 162 Å². The molecule has 0 aliphatic carbocycles. The van der Waals surface area contributed by atoms with Crippen molar-refractivity contribution in [3.8, 4) is 0 Å². The van der Waals surface area contributed by atoms with Gasteiger partial charge in [-0.15, -0.1) is 0 Å². The third-order valence-corrected chi connectivity index (χ3v) is 15.0. The molecule has 0 saturated carbocycles. The molecule has 6 heterocycles. The molecule has 0 unspecified atom stereocenters. The molecule has 8 rings (SSSR count). The molecule has 0 N–H and O–H groups in total. The van der Waals surface area contributed by atoms with E-state index in [9.17, 15) is 0 Å². The minimum atomic E-state index is -4.35. The fraction of sp³-hybridized carbons (Fsp3) is 0.444. The maximum absolute atomic E-state index is 18.0. The molecular weight excluding hydrogens is 802 g/mol. The zero-order valence-electron chi connectivity index (χ0n) is 40.9. The smallest absolute Gasteiger partial charge is 0.393 e. The van der Waals surface area contributed by atoms with Crippen molar-refractivity contribution in [2.75, 3.05) is 0 Å². The van der Waals surface area contributed by atoms with E-state index in [2.05, 4.69) is 76.2 Å². The second kappa shape index (κ2) is 16.5. The van der Waals surface area contributed by atoms with Gasteiger partial charge in [-0.3, -0.25) is 0 Å². The van der Waals surface area contributed by atoms with E-state index in [1.54, 1.807) is 0 Å². The first kappa shape index (κ1) is 45.7. The van der Waals surface area contributed by atoms with Crippen molar-refractivity contribution in [3.63, 3.8) is 0 Å². The van der Waals surface area contributed by atoms with Crippen LogP contribution >= 0.6 is 0 Å². The first-order valence-corrected chi connectivity index (χ1v) is 24.1. The van der Waals surface area contributed by atoms with Crippen LogP contribution in [0.25, 0.3) is 11.1 Å². The first-order valence-electron chi connectivity index (χ1n) is 24.1. The monoisotopic (exact) mass is 871 g/mol. The molecule has 4 aliphatic rings. The molecule has 2 aromatic carbocycles. The van der Waals surface area contributed by atoms with Crippen molar-refractivity contribution >= 4 is 36.5 Å². The van der Waals surface area contributed by atoms with Gasteiger partial charge in [-0.1, -0.05) is 104 Å². The predicted molar refractivity (Wildman–Crippen MR) is 261 cm³/mol. The van der Waals surface area contributed by atoms with Crippen LogP contribution in [0.5, 0.6) is 0 Å². The Balaban J connectivity index is 1.37. The minimum Gasteiger partial charge on any atom is -0.393 e. The maximum Gasteiger partial charge on any atom is 0.737 e. The summed E-state index contributed by atoms with van der Waals surface area (Å²) in [5.41, 5.74) is 17.5. The minimum absolute atomic E-state index is 0.190. The molecule has 0 spiro atoms. The largest absolute Gasteiger partial charge is 0.737 e. The molecule has 0 atom stereocenters. The van der Waals surface area contributed by atoms with Crippen molar-refractivity contribution in [2.45, 2.75) is 148 Å². The van der Waals surface area contributed by atoms with E-state index in [0.717, 1.165) is 79.7 Å². The summed E-state index contributed by atoms with van der Waals surface area (Å²) >= 11 is 0. The number of hydrogen-bond acceptors (Lipinski definition) is 0. The highest BCUT2D eigenvalue weighted by Gasteiger charge is 2.59. The van der Waals surface area contributed by atoms with E-state index >= 15 is 17.3 Å². The number of hydrogen-bond donors (Lipinski definition) is 0. The standard InChI is InChI=1S/C54H68B2F4N4/c1-15-43-33(9)51-49(41-23-19-39(20-24-41)29-31(5)6)53-35(11)45(17-3)47(63(53)55(57,58)61(51)37(43)13)27-28-48-46(18-4)36(12)54-50(42-25-21-40(22-26-42)30-32(7)8)52-34(10)44(16-2)38(14)62(52)56(59,60)64(48)54/h19-26,31-32H,15-18,27-30H2,1-14H3. The number of benzene rings is 2. The van der Waals surface area contributed by atoms with Crippen LogP contribution in [0.15, 0.2) is 82.2 Å². The van der Waals surface area contributed by atoms with E-state index in [1.807, 2.05) is 69.2 Å². The summed E-state index contributed by atoms with van der Waals surface area (Å²) in [5, 5.41) is 0. The lowest BCUT2D eigenvalue weighted by Crippen LogP contribution is -2.52. The van der Waals surface area contributed by atoms with Crippen LogP contribution in [0.2, 0.25) is 0 Å². The molecule has 10 heteroatoms. The average molecular weight is 871 g/mol. The second-order valence-corrected chi connectivity index (χ2v) is 19.8. The van der Waals surface area contributed by atoms with E-state index in [0.29, 0.717) is 83.1 Å². The predicted octanol–water partition coefficient (Wildman–Crippen LogP) is 13.9. The highest BCUT2D eigenvalue weighted by atomic mass is 19.3. The summed E-state index contributed by atoms with van der Waals surface area (Å²) in [6, 6.07) is 17.0. The molecular formula is C54H68B2F4N4. The fourth-order valence-corrected chi connectivity index (χ4v) is 12.5. The highest BCUT2D eigenvalue weighted by Crippen LogP contribution is 2.50. The Kier molecular flexibility index (Phi) is 11.8. The molecule has 0 fully saturated rings. The quantitative estimate of drug-likeness (QED) is 0.0940. The third kappa shape index (κ3) is 6.69. The van der Waals surface area contributed by atoms with Crippen molar-refractivity contribution in [3.05, 3.63) is 150 Å². The van der Waals surface area contributed by atoms with Crippen LogP contribution < -0.4 is 0 Å².